The maximum atomic E-state index is 12.5. The first kappa shape index (κ1) is 20.8. The van der Waals surface area contributed by atoms with E-state index in [9.17, 15) is 13.6 Å². The van der Waals surface area contributed by atoms with Crippen molar-refractivity contribution < 1.29 is 18.3 Å². The minimum atomic E-state index is -2.96. The normalized spacial score (nSPS) is 10.9. The molecule has 9 heteroatoms. The van der Waals surface area contributed by atoms with Crippen molar-refractivity contribution in [3.63, 3.8) is 0 Å². The van der Waals surface area contributed by atoms with E-state index in [1.54, 1.807) is 12.1 Å². The number of nitrogens with one attached hydrogen (secondary N) is 1. The van der Waals surface area contributed by atoms with E-state index in [1.165, 1.54) is 23.9 Å². The van der Waals surface area contributed by atoms with Gasteiger partial charge in [0.25, 0.3) is 0 Å². The quantitative estimate of drug-likeness (QED) is 0.527. The van der Waals surface area contributed by atoms with E-state index in [-0.39, 0.29) is 23.1 Å². The standard InChI is InChI=1S/C20H20F2N4O2S/c1-2-26-17(12-14-8-4-3-5-9-14)24-25-20(26)29-13-18(27)23-15-10-6-7-11-16(15)28-19(21)22/h3-11,19H,2,12-13H2,1H3,(H,23,27). The summed E-state index contributed by atoms with van der Waals surface area (Å²) in [5, 5.41) is 11.7. The largest absolute Gasteiger partial charge is 0.433 e. The molecule has 0 spiro atoms. The van der Waals surface area contributed by atoms with Crippen molar-refractivity contribution in [2.45, 2.75) is 31.7 Å². The molecule has 1 aromatic heterocycles. The maximum Gasteiger partial charge on any atom is 0.387 e. The first-order valence-electron chi connectivity index (χ1n) is 8.99. The zero-order chi connectivity index (χ0) is 20.6. The third-order valence-electron chi connectivity index (χ3n) is 4.02. The van der Waals surface area contributed by atoms with Crippen molar-refractivity contribution in [3.05, 3.63) is 66.0 Å². The fourth-order valence-electron chi connectivity index (χ4n) is 2.74. The Labute approximate surface area is 171 Å². The number of anilines is 1. The van der Waals surface area contributed by atoms with Gasteiger partial charge in [-0.2, -0.15) is 8.78 Å². The van der Waals surface area contributed by atoms with Crippen molar-refractivity contribution in [1.82, 2.24) is 14.8 Å². The highest BCUT2D eigenvalue weighted by Gasteiger charge is 2.15. The van der Waals surface area contributed by atoms with Crippen molar-refractivity contribution in [2.75, 3.05) is 11.1 Å². The topological polar surface area (TPSA) is 69.0 Å². The summed E-state index contributed by atoms with van der Waals surface area (Å²) in [6.07, 6.45) is 0.646. The highest BCUT2D eigenvalue weighted by Crippen LogP contribution is 2.26. The van der Waals surface area contributed by atoms with Crippen LogP contribution < -0.4 is 10.1 Å². The average Bonchev–Trinajstić information content (AvgIpc) is 3.09. The van der Waals surface area contributed by atoms with Crippen LogP contribution in [0.2, 0.25) is 0 Å². The van der Waals surface area contributed by atoms with Gasteiger partial charge in [0, 0.05) is 13.0 Å². The molecule has 0 fully saturated rings. The summed E-state index contributed by atoms with van der Waals surface area (Å²) in [7, 11) is 0. The van der Waals surface area contributed by atoms with Gasteiger partial charge >= 0.3 is 6.61 Å². The fourth-order valence-corrected chi connectivity index (χ4v) is 3.56. The number of benzene rings is 2. The Bertz CT molecular complexity index is 951. The molecular weight excluding hydrogens is 398 g/mol. The van der Waals surface area contributed by atoms with Crippen LogP contribution in [0.25, 0.3) is 0 Å². The Kier molecular flexibility index (Phi) is 7.18. The second-order valence-electron chi connectivity index (χ2n) is 6.02. The lowest BCUT2D eigenvalue weighted by molar-refractivity contribution is -0.113. The minimum absolute atomic E-state index is 0.0620. The molecule has 0 saturated carbocycles. The van der Waals surface area contributed by atoms with Gasteiger partial charge in [0.05, 0.1) is 11.4 Å². The van der Waals surface area contributed by atoms with Gasteiger partial charge in [-0.05, 0) is 24.6 Å². The number of alkyl halides is 2. The lowest BCUT2D eigenvalue weighted by atomic mass is 10.1. The summed E-state index contributed by atoms with van der Waals surface area (Å²) < 4.78 is 31.4. The molecule has 1 N–H and O–H groups in total. The van der Waals surface area contributed by atoms with Crippen LogP contribution in [0.1, 0.15) is 18.3 Å². The zero-order valence-corrected chi connectivity index (χ0v) is 16.5. The van der Waals surface area contributed by atoms with Gasteiger partial charge in [-0.15, -0.1) is 10.2 Å². The average molecular weight is 418 g/mol. The molecule has 1 heterocycles. The molecular formula is C20H20F2N4O2S. The summed E-state index contributed by atoms with van der Waals surface area (Å²) in [6, 6.07) is 16.0. The number of amides is 1. The molecule has 2 aromatic carbocycles. The van der Waals surface area contributed by atoms with Crippen LogP contribution in [0.15, 0.2) is 59.8 Å². The van der Waals surface area contributed by atoms with Crippen molar-refractivity contribution in [1.29, 1.82) is 0 Å². The molecule has 0 aliphatic rings. The van der Waals surface area contributed by atoms with E-state index in [1.807, 2.05) is 41.8 Å². The van der Waals surface area contributed by atoms with Gasteiger partial charge in [0.1, 0.15) is 11.6 Å². The molecule has 0 atom stereocenters. The van der Waals surface area contributed by atoms with E-state index in [4.69, 9.17) is 0 Å². The number of ether oxygens (including phenoxy) is 1. The van der Waals surface area contributed by atoms with Gasteiger partial charge in [0.15, 0.2) is 5.16 Å². The minimum Gasteiger partial charge on any atom is -0.433 e. The van der Waals surface area contributed by atoms with Crippen LogP contribution in [0.5, 0.6) is 5.75 Å². The molecule has 0 bridgehead atoms. The monoisotopic (exact) mass is 418 g/mol. The van der Waals surface area contributed by atoms with Crippen LogP contribution >= 0.6 is 11.8 Å². The summed E-state index contributed by atoms with van der Waals surface area (Å²) in [5.41, 5.74) is 1.32. The third-order valence-corrected chi connectivity index (χ3v) is 4.99. The fraction of sp³-hybridized carbons (Fsp3) is 0.250. The number of para-hydroxylation sites is 2. The summed E-state index contributed by atoms with van der Waals surface area (Å²) in [6.45, 7) is -0.307. The molecule has 3 aromatic rings. The first-order chi connectivity index (χ1) is 14.1. The second-order valence-corrected chi connectivity index (χ2v) is 6.96. The number of nitrogens with zero attached hydrogens (tertiary/aromatic N) is 3. The number of aromatic nitrogens is 3. The van der Waals surface area contributed by atoms with Crippen molar-refractivity contribution >= 4 is 23.4 Å². The van der Waals surface area contributed by atoms with E-state index < -0.39 is 6.61 Å². The highest BCUT2D eigenvalue weighted by atomic mass is 32.2. The molecule has 6 nitrogen and oxygen atoms in total. The Morgan fingerprint density at radius 2 is 1.86 bits per heavy atom. The SMILES string of the molecule is CCn1c(Cc2ccccc2)nnc1SCC(=O)Nc1ccccc1OC(F)F. The van der Waals surface area contributed by atoms with E-state index in [2.05, 4.69) is 20.3 Å². The van der Waals surface area contributed by atoms with Crippen LogP contribution in [0.4, 0.5) is 14.5 Å². The Morgan fingerprint density at radius 3 is 2.59 bits per heavy atom. The molecule has 152 valence electrons. The first-order valence-corrected chi connectivity index (χ1v) is 9.98. The molecule has 0 aliphatic heterocycles. The van der Waals surface area contributed by atoms with Gasteiger partial charge in [-0.3, -0.25) is 4.79 Å². The van der Waals surface area contributed by atoms with Crippen LogP contribution in [0.3, 0.4) is 0 Å². The third kappa shape index (κ3) is 5.77. The number of thioether (sulfide) groups is 1. The molecule has 0 unspecified atom stereocenters. The molecule has 0 radical (unpaired) electrons. The summed E-state index contributed by atoms with van der Waals surface area (Å²) in [4.78, 5) is 12.3. The molecule has 0 saturated heterocycles. The van der Waals surface area contributed by atoms with Crippen molar-refractivity contribution in [3.8, 4) is 5.75 Å². The molecule has 3 rings (SSSR count). The lowest BCUT2D eigenvalue weighted by Crippen LogP contribution is -2.16. The number of halogens is 2. The van der Waals surface area contributed by atoms with E-state index in [0.717, 1.165) is 11.4 Å². The van der Waals surface area contributed by atoms with E-state index >= 15 is 0 Å². The Morgan fingerprint density at radius 1 is 1.14 bits per heavy atom. The van der Waals surface area contributed by atoms with E-state index in [0.29, 0.717) is 18.1 Å². The number of carbonyl (C=O) groups is 1. The smallest absolute Gasteiger partial charge is 0.387 e. The predicted octanol–water partition coefficient (Wildman–Crippen LogP) is 4.22. The van der Waals surface area contributed by atoms with Crippen LogP contribution in [-0.4, -0.2) is 33.0 Å². The number of hydrogen-bond acceptors (Lipinski definition) is 5. The number of hydrogen-bond donors (Lipinski definition) is 1. The molecule has 29 heavy (non-hydrogen) atoms. The van der Waals surface area contributed by atoms with Gasteiger partial charge < -0.3 is 14.6 Å². The number of rotatable bonds is 9. The molecule has 0 aliphatic carbocycles. The van der Waals surface area contributed by atoms with Gasteiger partial charge in [0.2, 0.25) is 5.91 Å². The predicted molar refractivity (Wildman–Crippen MR) is 107 cm³/mol. The van der Waals surface area contributed by atoms with Crippen LogP contribution in [0, 0.1) is 0 Å². The number of carbonyl (C=O) groups excluding carboxylic acids is 1. The Balaban J connectivity index is 1.62. The maximum absolute atomic E-state index is 12.5. The second kappa shape index (κ2) is 10.0. The van der Waals surface area contributed by atoms with Crippen LogP contribution in [-0.2, 0) is 17.8 Å². The van der Waals surface area contributed by atoms with Gasteiger partial charge in [-0.1, -0.05) is 54.2 Å². The summed E-state index contributed by atoms with van der Waals surface area (Å²) >= 11 is 1.24. The molecule has 1 amide bonds. The highest BCUT2D eigenvalue weighted by molar-refractivity contribution is 7.99. The van der Waals surface area contributed by atoms with Gasteiger partial charge in [-0.25, -0.2) is 0 Å². The summed E-state index contributed by atoms with van der Waals surface area (Å²) in [5.74, 6) is 0.447. The zero-order valence-electron chi connectivity index (χ0n) is 15.7. The van der Waals surface area contributed by atoms with Crippen molar-refractivity contribution in [2.24, 2.45) is 0 Å². The lowest BCUT2D eigenvalue weighted by Gasteiger charge is -2.11. The Hall–Kier alpha value is -2.94.